The predicted molar refractivity (Wildman–Crippen MR) is 123 cm³/mol. The lowest BCUT2D eigenvalue weighted by Gasteiger charge is -2.16. The summed E-state index contributed by atoms with van der Waals surface area (Å²) in [5.74, 6) is 1.02. The Kier molecular flexibility index (Phi) is 7.73. The topological polar surface area (TPSA) is 73.6 Å². The number of nitro groups is 1. The maximum Gasteiger partial charge on any atom is 0.269 e. The van der Waals surface area contributed by atoms with Gasteiger partial charge in [-0.25, -0.2) is 0 Å². The lowest BCUT2D eigenvalue weighted by Crippen LogP contribution is -2.04. The highest BCUT2D eigenvalue weighted by atomic mass is 35.5. The zero-order chi connectivity index (χ0) is 22.2. The number of nitro benzene ring substituents is 1. The highest BCUT2D eigenvalue weighted by Crippen LogP contribution is 2.37. The quantitative estimate of drug-likeness (QED) is 0.291. The Morgan fingerprint density at radius 1 is 0.935 bits per heavy atom. The Hall–Kier alpha value is -3.25. The van der Waals surface area contributed by atoms with Crippen molar-refractivity contribution in [3.63, 3.8) is 0 Å². The molecule has 0 amide bonds. The standard InChI is InChI=1S/C24H25ClN2O4/c1-3-17-5-9-20(10-6-17)26-15-19-13-22(25)24(23(14-19)30-4-2)31-16-18-7-11-21(12-8-18)27(28)29/h5-14,26H,3-4,15-16H2,1-2H3. The molecule has 0 aliphatic rings. The molecular formula is C24H25ClN2O4. The van der Waals surface area contributed by atoms with E-state index in [0.717, 1.165) is 23.2 Å². The fraction of sp³-hybridized carbons (Fsp3) is 0.250. The van der Waals surface area contributed by atoms with Gasteiger partial charge in [-0.05, 0) is 66.4 Å². The number of halogens is 1. The zero-order valence-corrected chi connectivity index (χ0v) is 18.3. The molecule has 3 aromatic carbocycles. The van der Waals surface area contributed by atoms with Gasteiger partial charge in [-0.2, -0.15) is 0 Å². The third kappa shape index (κ3) is 6.12. The summed E-state index contributed by atoms with van der Waals surface area (Å²) in [5, 5.41) is 14.6. The van der Waals surface area contributed by atoms with E-state index < -0.39 is 4.92 Å². The molecule has 31 heavy (non-hydrogen) atoms. The summed E-state index contributed by atoms with van der Waals surface area (Å²) in [6.07, 6.45) is 1.01. The number of hydrogen-bond acceptors (Lipinski definition) is 5. The molecule has 3 aromatic rings. The Morgan fingerprint density at radius 2 is 1.61 bits per heavy atom. The number of rotatable bonds is 10. The fourth-order valence-corrected chi connectivity index (χ4v) is 3.35. The van der Waals surface area contributed by atoms with Crippen molar-refractivity contribution < 1.29 is 14.4 Å². The highest BCUT2D eigenvalue weighted by molar-refractivity contribution is 6.32. The smallest absolute Gasteiger partial charge is 0.269 e. The van der Waals surface area contributed by atoms with Gasteiger partial charge in [0.1, 0.15) is 6.61 Å². The van der Waals surface area contributed by atoms with Gasteiger partial charge in [-0.1, -0.05) is 30.7 Å². The van der Waals surface area contributed by atoms with Crippen LogP contribution in [0.25, 0.3) is 0 Å². The van der Waals surface area contributed by atoms with Crippen LogP contribution in [0.2, 0.25) is 5.02 Å². The number of hydrogen-bond donors (Lipinski definition) is 1. The van der Waals surface area contributed by atoms with Crippen molar-refractivity contribution in [1.29, 1.82) is 0 Å². The van der Waals surface area contributed by atoms with Crippen LogP contribution in [-0.4, -0.2) is 11.5 Å². The van der Waals surface area contributed by atoms with Crippen molar-refractivity contribution in [2.75, 3.05) is 11.9 Å². The number of ether oxygens (including phenoxy) is 2. The summed E-state index contributed by atoms with van der Waals surface area (Å²) in [7, 11) is 0. The molecule has 0 aliphatic carbocycles. The van der Waals surface area contributed by atoms with Gasteiger partial charge in [0.05, 0.1) is 16.6 Å². The minimum atomic E-state index is -0.431. The van der Waals surface area contributed by atoms with E-state index in [1.165, 1.54) is 17.7 Å². The zero-order valence-electron chi connectivity index (χ0n) is 17.6. The van der Waals surface area contributed by atoms with Crippen molar-refractivity contribution in [2.24, 2.45) is 0 Å². The van der Waals surface area contributed by atoms with Crippen LogP contribution in [0.4, 0.5) is 11.4 Å². The van der Waals surface area contributed by atoms with Crippen LogP contribution in [0.1, 0.15) is 30.5 Å². The molecule has 0 spiro atoms. The third-order valence-corrected chi connectivity index (χ3v) is 5.04. The second kappa shape index (κ2) is 10.7. The summed E-state index contributed by atoms with van der Waals surface area (Å²) in [6.45, 7) is 5.31. The normalized spacial score (nSPS) is 10.5. The molecule has 3 rings (SSSR count). The average Bonchev–Trinajstić information content (AvgIpc) is 2.78. The van der Waals surface area contributed by atoms with E-state index in [2.05, 4.69) is 36.5 Å². The highest BCUT2D eigenvalue weighted by Gasteiger charge is 2.14. The van der Waals surface area contributed by atoms with E-state index in [0.29, 0.717) is 29.7 Å². The first-order valence-corrected chi connectivity index (χ1v) is 10.5. The Labute approximate surface area is 186 Å². The lowest BCUT2D eigenvalue weighted by atomic mass is 10.1. The van der Waals surface area contributed by atoms with E-state index in [1.807, 2.05) is 19.1 Å². The predicted octanol–water partition coefficient (Wildman–Crippen LogP) is 6.40. The van der Waals surface area contributed by atoms with Crippen molar-refractivity contribution in [3.8, 4) is 11.5 Å². The molecular weight excluding hydrogens is 416 g/mol. The number of benzene rings is 3. The van der Waals surface area contributed by atoms with Gasteiger partial charge in [0.15, 0.2) is 11.5 Å². The monoisotopic (exact) mass is 440 g/mol. The second-order valence-corrected chi connectivity index (χ2v) is 7.36. The van der Waals surface area contributed by atoms with Crippen molar-refractivity contribution >= 4 is 23.0 Å². The first-order chi connectivity index (χ1) is 15.0. The van der Waals surface area contributed by atoms with Gasteiger partial charge in [-0.3, -0.25) is 10.1 Å². The van der Waals surface area contributed by atoms with Crippen LogP contribution in [-0.2, 0) is 19.6 Å². The molecule has 0 radical (unpaired) electrons. The largest absolute Gasteiger partial charge is 0.490 e. The van der Waals surface area contributed by atoms with Crippen LogP contribution >= 0.6 is 11.6 Å². The molecule has 0 atom stereocenters. The first kappa shape index (κ1) is 22.4. The maximum absolute atomic E-state index is 10.8. The molecule has 6 nitrogen and oxygen atoms in total. The first-order valence-electron chi connectivity index (χ1n) is 10.1. The molecule has 0 unspecified atom stereocenters. The number of aryl methyl sites for hydroxylation is 1. The van der Waals surface area contributed by atoms with Crippen molar-refractivity contribution in [1.82, 2.24) is 0 Å². The average molecular weight is 441 g/mol. The summed E-state index contributed by atoms with van der Waals surface area (Å²) >= 11 is 6.50. The van der Waals surface area contributed by atoms with Crippen LogP contribution in [0.5, 0.6) is 11.5 Å². The van der Waals surface area contributed by atoms with E-state index in [4.69, 9.17) is 21.1 Å². The molecule has 1 N–H and O–H groups in total. The number of anilines is 1. The van der Waals surface area contributed by atoms with E-state index >= 15 is 0 Å². The van der Waals surface area contributed by atoms with Crippen molar-refractivity contribution in [3.05, 3.63) is 92.5 Å². The number of nitrogens with zero attached hydrogens (tertiary/aromatic N) is 1. The fourth-order valence-electron chi connectivity index (χ4n) is 3.06. The van der Waals surface area contributed by atoms with Crippen LogP contribution in [0.3, 0.4) is 0 Å². The Morgan fingerprint density at radius 3 is 2.23 bits per heavy atom. The maximum atomic E-state index is 10.8. The van der Waals surface area contributed by atoms with Gasteiger partial charge in [0.25, 0.3) is 5.69 Å². The molecule has 0 fully saturated rings. The van der Waals surface area contributed by atoms with Crippen LogP contribution < -0.4 is 14.8 Å². The van der Waals surface area contributed by atoms with Gasteiger partial charge in [0.2, 0.25) is 0 Å². The van der Waals surface area contributed by atoms with E-state index in [1.54, 1.807) is 12.1 Å². The van der Waals surface area contributed by atoms with Crippen LogP contribution in [0, 0.1) is 10.1 Å². The number of nitrogens with one attached hydrogen (secondary N) is 1. The summed E-state index contributed by atoms with van der Waals surface area (Å²) in [6, 6.07) is 18.3. The second-order valence-electron chi connectivity index (χ2n) is 6.95. The minimum Gasteiger partial charge on any atom is -0.490 e. The SMILES string of the molecule is CCOc1cc(CNc2ccc(CC)cc2)cc(Cl)c1OCc1ccc([N+](=O)[O-])cc1. The summed E-state index contributed by atoms with van der Waals surface area (Å²) in [4.78, 5) is 10.4. The lowest BCUT2D eigenvalue weighted by molar-refractivity contribution is -0.384. The van der Waals surface area contributed by atoms with E-state index in [9.17, 15) is 10.1 Å². The molecule has 0 saturated carbocycles. The van der Waals surface area contributed by atoms with Gasteiger partial charge in [0, 0.05) is 24.4 Å². The molecule has 7 heteroatoms. The Balaban J connectivity index is 1.70. The van der Waals surface area contributed by atoms with E-state index in [-0.39, 0.29) is 12.3 Å². The van der Waals surface area contributed by atoms with Crippen molar-refractivity contribution in [2.45, 2.75) is 33.4 Å². The number of non-ortho nitro benzene ring substituents is 1. The van der Waals surface area contributed by atoms with Gasteiger partial charge >= 0.3 is 0 Å². The molecule has 162 valence electrons. The van der Waals surface area contributed by atoms with Gasteiger partial charge in [-0.15, -0.1) is 0 Å². The molecule has 0 bridgehead atoms. The molecule has 0 aliphatic heterocycles. The molecule has 0 heterocycles. The summed E-state index contributed by atoms with van der Waals surface area (Å²) < 4.78 is 11.7. The van der Waals surface area contributed by atoms with Crippen LogP contribution in [0.15, 0.2) is 60.7 Å². The Bertz CT molecular complexity index is 1020. The molecule has 0 aromatic heterocycles. The molecule has 0 saturated heterocycles. The third-order valence-electron chi connectivity index (χ3n) is 4.76. The minimum absolute atomic E-state index is 0.0398. The van der Waals surface area contributed by atoms with Gasteiger partial charge < -0.3 is 14.8 Å². The summed E-state index contributed by atoms with van der Waals surface area (Å²) in [5.41, 5.74) is 4.13.